The summed E-state index contributed by atoms with van der Waals surface area (Å²) in [6, 6.07) is 21.9. The maximum Gasteiger partial charge on any atom is 0.335 e. The summed E-state index contributed by atoms with van der Waals surface area (Å²) < 4.78 is 0. The third-order valence-corrected chi connectivity index (χ3v) is 5.63. The zero-order valence-corrected chi connectivity index (χ0v) is 20.2. The Kier molecular flexibility index (Phi) is 8.40. The molecule has 3 aromatic carbocycles. The Morgan fingerprint density at radius 1 is 0.971 bits per heavy atom. The Hall–Kier alpha value is -4.39. The van der Waals surface area contributed by atoms with Crippen molar-refractivity contribution in [1.29, 1.82) is 0 Å². The van der Waals surface area contributed by atoms with E-state index in [1.807, 2.05) is 42.5 Å². The number of carbonyl (C=O) groups excluding carboxylic acids is 1. The maximum atomic E-state index is 12.7. The number of carboxylic acids is 1. The number of nitrogens with zero attached hydrogens (tertiary/aromatic N) is 2. The Labute approximate surface area is 205 Å². The van der Waals surface area contributed by atoms with Crippen molar-refractivity contribution in [2.75, 3.05) is 16.1 Å². The van der Waals surface area contributed by atoms with E-state index in [1.165, 1.54) is 22.7 Å². The van der Waals surface area contributed by atoms with Crippen LogP contribution in [0.2, 0.25) is 0 Å². The summed E-state index contributed by atoms with van der Waals surface area (Å²) in [6.07, 6.45) is 3.57. The van der Waals surface area contributed by atoms with Crippen LogP contribution in [0.1, 0.15) is 42.3 Å². The summed E-state index contributed by atoms with van der Waals surface area (Å²) in [4.78, 5) is 23.6. The molecular formula is C28H30N4O3. The van der Waals surface area contributed by atoms with E-state index in [2.05, 4.69) is 30.3 Å². The third-order valence-electron chi connectivity index (χ3n) is 5.63. The number of benzene rings is 3. The molecule has 1 aliphatic rings. The number of rotatable bonds is 6. The van der Waals surface area contributed by atoms with Gasteiger partial charge in [0.05, 0.1) is 22.5 Å². The number of nitrogen functional groups attached to an aromatic ring is 1. The second-order valence-corrected chi connectivity index (χ2v) is 7.92. The number of aryl methyl sites for hydroxylation is 2. The standard InChI is InChI=1S/C20H19N3O3.C8H11N/c1-3-14-6-4-5-7-18(14)21-12-17-13(2)22-23(19(17)24)16-10-8-15(9-11-16)20(25)26;1-2-7-5-3-4-6-8(7)9/h4-12,21H,3H2,1-2H3,(H,25,26);3-6H,2,9H2,1H3. The summed E-state index contributed by atoms with van der Waals surface area (Å²) in [5.74, 6) is -1.27. The van der Waals surface area contributed by atoms with Crippen LogP contribution >= 0.6 is 0 Å². The molecule has 35 heavy (non-hydrogen) atoms. The molecule has 180 valence electrons. The van der Waals surface area contributed by atoms with Crippen LogP contribution in [0.4, 0.5) is 17.1 Å². The lowest BCUT2D eigenvalue weighted by Gasteiger charge is -2.12. The minimum atomic E-state index is -1.01. The number of nitrogens with one attached hydrogen (secondary N) is 1. The van der Waals surface area contributed by atoms with Gasteiger partial charge < -0.3 is 16.2 Å². The van der Waals surface area contributed by atoms with E-state index in [0.29, 0.717) is 17.0 Å². The van der Waals surface area contributed by atoms with Crippen molar-refractivity contribution in [2.45, 2.75) is 33.6 Å². The summed E-state index contributed by atoms with van der Waals surface area (Å²) in [5, 5.41) is 17.7. The lowest BCUT2D eigenvalue weighted by molar-refractivity contribution is -0.114. The molecule has 0 aromatic heterocycles. The highest BCUT2D eigenvalue weighted by Crippen LogP contribution is 2.24. The van der Waals surface area contributed by atoms with Crippen LogP contribution in [-0.4, -0.2) is 22.7 Å². The smallest absolute Gasteiger partial charge is 0.335 e. The number of nitrogens with two attached hydrogens (primary N) is 1. The summed E-state index contributed by atoms with van der Waals surface area (Å²) in [7, 11) is 0. The highest BCUT2D eigenvalue weighted by atomic mass is 16.4. The van der Waals surface area contributed by atoms with Crippen molar-refractivity contribution in [1.82, 2.24) is 0 Å². The van der Waals surface area contributed by atoms with Crippen LogP contribution in [-0.2, 0) is 17.6 Å². The van der Waals surface area contributed by atoms with Gasteiger partial charge in [-0.3, -0.25) is 4.79 Å². The maximum absolute atomic E-state index is 12.7. The second-order valence-electron chi connectivity index (χ2n) is 7.92. The monoisotopic (exact) mass is 470 g/mol. The van der Waals surface area contributed by atoms with Crippen molar-refractivity contribution in [3.63, 3.8) is 0 Å². The summed E-state index contributed by atoms with van der Waals surface area (Å²) in [5.41, 5.74) is 11.6. The van der Waals surface area contributed by atoms with Gasteiger partial charge in [-0.15, -0.1) is 0 Å². The molecule has 1 aliphatic heterocycles. The van der Waals surface area contributed by atoms with Crippen LogP contribution in [0.3, 0.4) is 0 Å². The molecule has 0 radical (unpaired) electrons. The molecule has 0 aliphatic carbocycles. The summed E-state index contributed by atoms with van der Waals surface area (Å²) in [6.45, 7) is 5.94. The van der Waals surface area contributed by atoms with Crippen molar-refractivity contribution in [3.8, 4) is 0 Å². The fraction of sp³-hybridized carbons (Fsp3) is 0.179. The topological polar surface area (TPSA) is 108 Å². The van der Waals surface area contributed by atoms with Gasteiger partial charge in [-0.05, 0) is 67.3 Å². The largest absolute Gasteiger partial charge is 0.478 e. The van der Waals surface area contributed by atoms with E-state index >= 15 is 0 Å². The molecule has 0 saturated heterocycles. The van der Waals surface area contributed by atoms with Gasteiger partial charge in [-0.2, -0.15) is 10.1 Å². The molecule has 4 rings (SSSR count). The highest BCUT2D eigenvalue weighted by molar-refractivity contribution is 6.29. The van der Waals surface area contributed by atoms with E-state index in [4.69, 9.17) is 10.8 Å². The fourth-order valence-electron chi connectivity index (χ4n) is 3.58. The number of hydrogen-bond donors (Lipinski definition) is 3. The lowest BCUT2D eigenvalue weighted by atomic mass is 10.1. The van der Waals surface area contributed by atoms with Gasteiger partial charge in [0.25, 0.3) is 5.91 Å². The molecule has 3 aromatic rings. The van der Waals surface area contributed by atoms with Crippen LogP contribution in [0.15, 0.2) is 89.7 Å². The first-order valence-electron chi connectivity index (χ1n) is 11.5. The number of carboxylic acid groups (broad SMARTS) is 1. The Morgan fingerprint density at radius 3 is 2.14 bits per heavy atom. The van der Waals surface area contributed by atoms with Crippen molar-refractivity contribution >= 4 is 34.7 Å². The van der Waals surface area contributed by atoms with Crippen LogP contribution in [0, 0.1) is 0 Å². The van der Waals surface area contributed by atoms with E-state index in [0.717, 1.165) is 29.8 Å². The molecule has 7 heteroatoms. The first-order chi connectivity index (χ1) is 16.8. The number of hydrazone groups is 1. The van der Waals surface area contributed by atoms with Gasteiger partial charge in [-0.1, -0.05) is 50.2 Å². The number of anilines is 3. The molecule has 0 bridgehead atoms. The normalized spacial score (nSPS) is 13.8. The Balaban J connectivity index is 0.000000320. The van der Waals surface area contributed by atoms with Gasteiger partial charge in [0.2, 0.25) is 0 Å². The van der Waals surface area contributed by atoms with Crippen molar-refractivity contribution in [2.24, 2.45) is 5.10 Å². The minimum absolute atomic E-state index is 0.162. The zero-order chi connectivity index (χ0) is 25.4. The molecule has 0 fully saturated rings. The van der Waals surface area contributed by atoms with Gasteiger partial charge in [0, 0.05) is 17.6 Å². The first-order valence-corrected chi connectivity index (χ1v) is 11.5. The van der Waals surface area contributed by atoms with Gasteiger partial charge >= 0.3 is 5.97 Å². The zero-order valence-electron chi connectivity index (χ0n) is 20.2. The van der Waals surface area contributed by atoms with E-state index in [9.17, 15) is 9.59 Å². The van der Waals surface area contributed by atoms with Gasteiger partial charge in [0.15, 0.2) is 0 Å². The number of aromatic carboxylic acids is 1. The number of carbonyl (C=O) groups is 2. The predicted molar refractivity (Wildman–Crippen MR) is 142 cm³/mol. The Bertz CT molecular complexity index is 1260. The van der Waals surface area contributed by atoms with Crippen LogP contribution in [0.25, 0.3) is 0 Å². The van der Waals surface area contributed by atoms with E-state index < -0.39 is 5.97 Å². The molecule has 7 nitrogen and oxygen atoms in total. The third kappa shape index (κ3) is 6.14. The van der Waals surface area contributed by atoms with E-state index in [1.54, 1.807) is 25.3 Å². The first kappa shape index (κ1) is 25.2. The van der Waals surface area contributed by atoms with E-state index in [-0.39, 0.29) is 11.5 Å². The van der Waals surface area contributed by atoms with Crippen molar-refractivity contribution < 1.29 is 14.7 Å². The average Bonchev–Trinajstić information content (AvgIpc) is 3.16. The van der Waals surface area contributed by atoms with Gasteiger partial charge in [-0.25, -0.2) is 4.79 Å². The van der Waals surface area contributed by atoms with Crippen LogP contribution < -0.4 is 16.1 Å². The molecule has 0 saturated carbocycles. The Morgan fingerprint density at radius 2 is 1.57 bits per heavy atom. The molecule has 1 heterocycles. The van der Waals surface area contributed by atoms with Crippen molar-refractivity contribution in [3.05, 3.63) is 101 Å². The molecular weight excluding hydrogens is 440 g/mol. The molecule has 0 unspecified atom stereocenters. The quantitative estimate of drug-likeness (QED) is 0.326. The van der Waals surface area contributed by atoms with Gasteiger partial charge in [0.1, 0.15) is 0 Å². The highest BCUT2D eigenvalue weighted by Gasteiger charge is 2.28. The average molecular weight is 471 g/mol. The molecule has 0 atom stereocenters. The minimum Gasteiger partial charge on any atom is -0.478 e. The number of para-hydroxylation sites is 2. The SMILES string of the molecule is CCc1ccccc1N.CCc1ccccc1NC=C1C(=O)N(c2ccc(C(=O)O)cc2)N=C1C. The lowest BCUT2D eigenvalue weighted by Crippen LogP contribution is -2.21. The molecule has 0 spiro atoms. The summed E-state index contributed by atoms with van der Waals surface area (Å²) >= 11 is 0. The second kappa shape index (κ2) is 11.7. The molecule has 1 amide bonds. The number of hydrogen-bond acceptors (Lipinski definition) is 5. The van der Waals surface area contributed by atoms with Crippen LogP contribution in [0.5, 0.6) is 0 Å². The molecule has 4 N–H and O–H groups in total. The predicted octanol–water partition coefficient (Wildman–Crippen LogP) is 5.50. The number of amides is 1. The fourth-order valence-corrected chi connectivity index (χ4v) is 3.58.